The third-order valence-electron chi connectivity index (χ3n) is 6.60. The van der Waals surface area contributed by atoms with Gasteiger partial charge in [0.15, 0.2) is 0 Å². The number of rotatable bonds is 4. The fourth-order valence-electron chi connectivity index (χ4n) is 4.74. The van der Waals surface area contributed by atoms with Gasteiger partial charge in [0.1, 0.15) is 16.3 Å². The van der Waals surface area contributed by atoms with E-state index in [0.29, 0.717) is 30.9 Å². The van der Waals surface area contributed by atoms with Crippen molar-refractivity contribution in [1.82, 2.24) is 14.4 Å². The van der Waals surface area contributed by atoms with Crippen LogP contribution < -0.4 is 0 Å². The highest BCUT2D eigenvalue weighted by atomic mass is 32.1. The summed E-state index contributed by atoms with van der Waals surface area (Å²) < 4.78 is 15.4. The Morgan fingerprint density at radius 3 is 2.44 bits per heavy atom. The van der Waals surface area contributed by atoms with Crippen LogP contribution in [0.2, 0.25) is 0 Å². The highest BCUT2D eigenvalue weighted by Crippen LogP contribution is 2.32. The fraction of sp³-hybridized carbons (Fsp3) is 0.259. The molecule has 1 aliphatic heterocycles. The SMILES string of the molecule is C[C@@H]1CN(C(=O)c2cc3ccsc3n2[C@H](C)c2ccccc2)CCN1C(=O)c1ccc(F)cc1. The Hall–Kier alpha value is -3.45. The van der Waals surface area contributed by atoms with Crippen molar-refractivity contribution in [1.29, 1.82) is 0 Å². The second-order valence-electron chi connectivity index (χ2n) is 8.77. The fourth-order valence-corrected chi connectivity index (χ4v) is 5.71. The van der Waals surface area contributed by atoms with Crippen LogP contribution in [-0.4, -0.2) is 51.9 Å². The Bertz CT molecular complexity index is 1330. The molecule has 7 heteroatoms. The standard InChI is InChI=1S/C27H26FN3O2S/c1-18-17-29(13-14-30(18)25(32)21-8-10-23(28)11-9-21)26(33)24-16-22-12-15-34-27(22)31(24)19(2)20-6-4-3-5-7-20/h3-12,15-16,18-19H,13-14,17H2,1-2H3/t18-,19-/m1/s1. The highest BCUT2D eigenvalue weighted by molar-refractivity contribution is 7.16. The van der Waals surface area contributed by atoms with E-state index in [4.69, 9.17) is 0 Å². The van der Waals surface area contributed by atoms with Crippen LogP contribution in [0.4, 0.5) is 4.39 Å². The number of nitrogens with zero attached hydrogens (tertiary/aromatic N) is 3. The predicted molar refractivity (Wildman–Crippen MR) is 133 cm³/mol. The second-order valence-corrected chi connectivity index (χ2v) is 9.67. The number of carbonyl (C=O) groups is 2. The Morgan fingerprint density at radius 2 is 1.74 bits per heavy atom. The molecule has 0 spiro atoms. The van der Waals surface area contributed by atoms with Gasteiger partial charge in [-0.25, -0.2) is 4.39 Å². The van der Waals surface area contributed by atoms with Crippen LogP contribution >= 0.6 is 11.3 Å². The zero-order valence-corrected chi connectivity index (χ0v) is 20.0. The van der Waals surface area contributed by atoms with E-state index < -0.39 is 0 Å². The van der Waals surface area contributed by atoms with Crippen LogP contribution in [0.1, 0.15) is 46.3 Å². The topological polar surface area (TPSA) is 45.6 Å². The van der Waals surface area contributed by atoms with Gasteiger partial charge in [0.2, 0.25) is 0 Å². The molecule has 1 fully saturated rings. The molecular formula is C27H26FN3O2S. The predicted octanol–water partition coefficient (Wildman–Crippen LogP) is 5.44. The van der Waals surface area contributed by atoms with Crippen LogP contribution in [0.5, 0.6) is 0 Å². The number of halogens is 1. The van der Waals surface area contributed by atoms with Crippen molar-refractivity contribution in [2.45, 2.75) is 25.9 Å². The van der Waals surface area contributed by atoms with Crippen LogP contribution in [0.3, 0.4) is 0 Å². The van der Waals surface area contributed by atoms with Crippen molar-refractivity contribution >= 4 is 33.4 Å². The quantitative estimate of drug-likeness (QED) is 0.395. The van der Waals surface area contributed by atoms with E-state index in [9.17, 15) is 14.0 Å². The van der Waals surface area contributed by atoms with E-state index in [1.54, 1.807) is 16.2 Å². The number of amides is 2. The molecule has 34 heavy (non-hydrogen) atoms. The maximum Gasteiger partial charge on any atom is 0.270 e. The second kappa shape index (κ2) is 9.06. The molecule has 0 N–H and O–H groups in total. The van der Waals surface area contributed by atoms with E-state index in [0.717, 1.165) is 15.8 Å². The van der Waals surface area contributed by atoms with Gasteiger partial charge in [-0.2, -0.15) is 0 Å². The van der Waals surface area contributed by atoms with E-state index in [1.165, 1.54) is 24.3 Å². The van der Waals surface area contributed by atoms with E-state index in [1.807, 2.05) is 42.2 Å². The summed E-state index contributed by atoms with van der Waals surface area (Å²) in [5.74, 6) is -0.527. The van der Waals surface area contributed by atoms with Gasteiger partial charge >= 0.3 is 0 Å². The third-order valence-corrected chi connectivity index (χ3v) is 7.53. The number of piperazine rings is 1. The van der Waals surface area contributed by atoms with Crippen molar-refractivity contribution in [3.63, 3.8) is 0 Å². The van der Waals surface area contributed by atoms with Crippen molar-refractivity contribution < 1.29 is 14.0 Å². The Labute approximate surface area is 202 Å². The zero-order valence-electron chi connectivity index (χ0n) is 19.1. The Morgan fingerprint density at radius 1 is 1.00 bits per heavy atom. The largest absolute Gasteiger partial charge is 0.334 e. The minimum atomic E-state index is -0.368. The normalized spacial score (nSPS) is 17.2. The summed E-state index contributed by atoms with van der Waals surface area (Å²) in [5.41, 5.74) is 2.27. The average molecular weight is 476 g/mol. The lowest BCUT2D eigenvalue weighted by Gasteiger charge is -2.40. The van der Waals surface area contributed by atoms with Gasteiger partial charge in [-0.05, 0) is 61.2 Å². The first-order chi connectivity index (χ1) is 16.4. The molecule has 174 valence electrons. The van der Waals surface area contributed by atoms with E-state index in [-0.39, 0.29) is 29.7 Å². The molecule has 0 saturated carbocycles. The van der Waals surface area contributed by atoms with Gasteiger partial charge in [-0.15, -0.1) is 11.3 Å². The number of fused-ring (bicyclic) bond motifs is 1. The highest BCUT2D eigenvalue weighted by Gasteiger charge is 2.32. The molecule has 1 aliphatic rings. The molecule has 2 aromatic carbocycles. The van der Waals surface area contributed by atoms with Crippen LogP contribution in [0.25, 0.3) is 10.2 Å². The van der Waals surface area contributed by atoms with Gasteiger partial charge in [-0.3, -0.25) is 9.59 Å². The summed E-state index contributed by atoms with van der Waals surface area (Å²) in [4.78, 5) is 31.4. The smallest absolute Gasteiger partial charge is 0.270 e. The molecule has 2 aromatic heterocycles. The van der Waals surface area contributed by atoms with Crippen LogP contribution in [0, 0.1) is 5.82 Å². The minimum Gasteiger partial charge on any atom is -0.334 e. The lowest BCUT2D eigenvalue weighted by atomic mass is 10.1. The molecule has 3 heterocycles. The summed E-state index contributed by atoms with van der Waals surface area (Å²) >= 11 is 1.64. The first kappa shape index (κ1) is 22.3. The monoisotopic (exact) mass is 475 g/mol. The number of benzene rings is 2. The zero-order chi connectivity index (χ0) is 23.8. The molecule has 0 radical (unpaired) electrons. The van der Waals surface area contributed by atoms with Crippen molar-refractivity contribution in [2.75, 3.05) is 19.6 Å². The molecule has 2 amide bonds. The lowest BCUT2D eigenvalue weighted by Crippen LogP contribution is -2.55. The first-order valence-electron chi connectivity index (χ1n) is 11.4. The number of carbonyl (C=O) groups excluding carboxylic acids is 2. The third kappa shape index (κ3) is 4.01. The average Bonchev–Trinajstić information content (AvgIpc) is 3.45. The van der Waals surface area contributed by atoms with Gasteiger partial charge in [0, 0.05) is 36.6 Å². The van der Waals surface area contributed by atoms with Gasteiger partial charge in [-0.1, -0.05) is 30.3 Å². The molecule has 0 unspecified atom stereocenters. The number of hydrogen-bond donors (Lipinski definition) is 0. The summed E-state index contributed by atoms with van der Waals surface area (Å²) in [7, 11) is 0. The van der Waals surface area contributed by atoms with Crippen molar-refractivity contribution in [2.24, 2.45) is 0 Å². The number of aromatic nitrogens is 1. The van der Waals surface area contributed by atoms with Crippen LogP contribution in [-0.2, 0) is 0 Å². The Balaban J connectivity index is 1.39. The van der Waals surface area contributed by atoms with Crippen LogP contribution in [0.15, 0.2) is 72.1 Å². The molecule has 0 aliphatic carbocycles. The molecule has 5 nitrogen and oxygen atoms in total. The van der Waals surface area contributed by atoms with E-state index in [2.05, 4.69) is 29.0 Å². The maximum absolute atomic E-state index is 13.7. The van der Waals surface area contributed by atoms with Gasteiger partial charge < -0.3 is 14.4 Å². The summed E-state index contributed by atoms with van der Waals surface area (Å²) in [6.45, 7) is 5.41. The molecule has 2 atom stereocenters. The summed E-state index contributed by atoms with van der Waals surface area (Å²) in [6.07, 6.45) is 0. The molecular weight excluding hydrogens is 449 g/mol. The molecule has 0 bridgehead atoms. The summed E-state index contributed by atoms with van der Waals surface area (Å²) in [6, 6.07) is 19.7. The Kier molecular flexibility index (Phi) is 5.96. The molecule has 1 saturated heterocycles. The first-order valence-corrected chi connectivity index (χ1v) is 12.3. The number of thiophene rings is 1. The van der Waals surface area contributed by atoms with E-state index >= 15 is 0 Å². The maximum atomic E-state index is 13.7. The van der Waals surface area contributed by atoms with Gasteiger partial charge in [0.05, 0.1) is 6.04 Å². The number of hydrogen-bond acceptors (Lipinski definition) is 3. The molecule has 4 aromatic rings. The lowest BCUT2D eigenvalue weighted by molar-refractivity contribution is 0.0409. The van der Waals surface area contributed by atoms with Crippen molar-refractivity contribution in [3.05, 3.63) is 94.7 Å². The summed E-state index contributed by atoms with van der Waals surface area (Å²) in [5, 5.41) is 3.11. The van der Waals surface area contributed by atoms with Crippen molar-refractivity contribution in [3.8, 4) is 0 Å². The molecule has 5 rings (SSSR count). The minimum absolute atomic E-state index is 0.00932. The van der Waals surface area contributed by atoms with Gasteiger partial charge in [0.25, 0.3) is 11.8 Å².